The van der Waals surface area contributed by atoms with Crippen molar-refractivity contribution < 1.29 is 9.53 Å². The van der Waals surface area contributed by atoms with E-state index in [1.807, 2.05) is 0 Å². The highest BCUT2D eigenvalue weighted by molar-refractivity contribution is 5.88. The lowest BCUT2D eigenvalue weighted by atomic mass is 10.1. The molecule has 108 valence electrons. The van der Waals surface area contributed by atoms with Crippen LogP contribution in [0.25, 0.3) is 0 Å². The first-order valence-electron chi connectivity index (χ1n) is 7.09. The first kappa shape index (κ1) is 13.5. The molecule has 0 saturated carbocycles. The molecule has 5 heteroatoms. The third-order valence-corrected chi connectivity index (χ3v) is 3.58. The summed E-state index contributed by atoms with van der Waals surface area (Å²) in [4.78, 5) is 21.7. The largest absolute Gasteiger partial charge is 0.462 e. The van der Waals surface area contributed by atoms with Crippen LogP contribution in [0, 0.1) is 0 Å². The van der Waals surface area contributed by atoms with Crippen molar-refractivity contribution in [2.45, 2.75) is 12.8 Å². The molecule has 0 atom stereocenters. The van der Waals surface area contributed by atoms with Crippen LogP contribution in [-0.2, 0) is 11.2 Å². The van der Waals surface area contributed by atoms with Crippen LogP contribution in [0.3, 0.4) is 0 Å². The van der Waals surface area contributed by atoms with E-state index >= 15 is 0 Å². The first-order valence-corrected chi connectivity index (χ1v) is 7.09. The molecule has 3 rings (SSSR count). The number of carbonyl (C=O) groups excluding carboxylic acids is 1. The van der Waals surface area contributed by atoms with Crippen molar-refractivity contribution in [3.05, 3.63) is 54.1 Å². The summed E-state index contributed by atoms with van der Waals surface area (Å²) < 4.78 is 5.21. The van der Waals surface area contributed by atoms with Gasteiger partial charge in [-0.2, -0.15) is 0 Å². The molecule has 1 aromatic carbocycles. The fraction of sp³-hybridized carbons (Fsp3) is 0.312. The van der Waals surface area contributed by atoms with Crippen LogP contribution in [-0.4, -0.2) is 35.6 Å². The number of rotatable bonds is 5. The number of hydrogen-bond acceptors (Lipinski definition) is 5. The zero-order valence-electron chi connectivity index (χ0n) is 11.7. The quantitative estimate of drug-likeness (QED) is 0.786. The Kier molecular flexibility index (Phi) is 4.09. The van der Waals surface area contributed by atoms with Crippen molar-refractivity contribution in [1.29, 1.82) is 0 Å². The number of esters is 1. The summed E-state index contributed by atoms with van der Waals surface area (Å²) in [6.07, 6.45) is 6.28. The Bertz CT molecular complexity index is 595. The Morgan fingerprint density at radius 3 is 2.48 bits per heavy atom. The van der Waals surface area contributed by atoms with Crippen molar-refractivity contribution in [3.8, 4) is 0 Å². The molecule has 1 fully saturated rings. The number of aromatic nitrogens is 2. The SMILES string of the molecule is O=C(OCCc1ccc(N2CCC2)cc1)c1cncnc1. The molecule has 1 aliphatic rings. The monoisotopic (exact) mass is 283 g/mol. The molecule has 2 heterocycles. The molecule has 5 nitrogen and oxygen atoms in total. The lowest BCUT2D eigenvalue weighted by Gasteiger charge is -2.33. The van der Waals surface area contributed by atoms with Gasteiger partial charge in [0.1, 0.15) is 6.33 Å². The van der Waals surface area contributed by atoms with Crippen LogP contribution in [0.1, 0.15) is 22.3 Å². The Hall–Kier alpha value is -2.43. The Morgan fingerprint density at radius 2 is 1.86 bits per heavy atom. The third kappa shape index (κ3) is 3.37. The fourth-order valence-electron chi connectivity index (χ4n) is 2.20. The smallest absolute Gasteiger partial charge is 0.341 e. The van der Waals surface area contributed by atoms with Gasteiger partial charge in [-0.15, -0.1) is 0 Å². The maximum atomic E-state index is 11.7. The summed E-state index contributed by atoms with van der Waals surface area (Å²) >= 11 is 0. The molecule has 2 aromatic rings. The van der Waals surface area contributed by atoms with Crippen LogP contribution in [0.15, 0.2) is 43.0 Å². The van der Waals surface area contributed by atoms with E-state index in [2.05, 4.69) is 39.1 Å². The second-order valence-electron chi connectivity index (χ2n) is 5.02. The molecule has 1 saturated heterocycles. The van der Waals surface area contributed by atoms with E-state index in [1.165, 1.54) is 30.8 Å². The van der Waals surface area contributed by atoms with Gasteiger partial charge < -0.3 is 9.64 Å². The maximum Gasteiger partial charge on any atom is 0.341 e. The van der Waals surface area contributed by atoms with Gasteiger partial charge in [0.05, 0.1) is 12.2 Å². The molecule has 0 spiro atoms. The number of anilines is 1. The second-order valence-corrected chi connectivity index (χ2v) is 5.02. The predicted octanol–water partition coefficient (Wildman–Crippen LogP) is 2.09. The minimum absolute atomic E-state index is 0.358. The topological polar surface area (TPSA) is 55.3 Å². The van der Waals surface area contributed by atoms with Gasteiger partial charge >= 0.3 is 5.97 Å². The summed E-state index contributed by atoms with van der Waals surface area (Å²) in [5, 5.41) is 0. The van der Waals surface area contributed by atoms with Gasteiger partial charge in [-0.1, -0.05) is 12.1 Å². The predicted molar refractivity (Wildman–Crippen MR) is 79.3 cm³/mol. The van der Waals surface area contributed by atoms with Crippen LogP contribution in [0.2, 0.25) is 0 Å². The molecule has 21 heavy (non-hydrogen) atoms. The second kappa shape index (κ2) is 6.35. The van der Waals surface area contributed by atoms with Crippen molar-refractivity contribution in [2.24, 2.45) is 0 Å². The van der Waals surface area contributed by atoms with E-state index in [-0.39, 0.29) is 5.97 Å². The van der Waals surface area contributed by atoms with Crippen LogP contribution < -0.4 is 4.90 Å². The minimum atomic E-state index is -0.382. The zero-order valence-corrected chi connectivity index (χ0v) is 11.7. The molecule has 0 aliphatic carbocycles. The van der Waals surface area contributed by atoms with E-state index in [1.54, 1.807) is 0 Å². The lowest BCUT2D eigenvalue weighted by molar-refractivity contribution is 0.0508. The lowest BCUT2D eigenvalue weighted by Crippen LogP contribution is -2.36. The van der Waals surface area contributed by atoms with E-state index in [0.29, 0.717) is 18.6 Å². The number of ether oxygens (including phenoxy) is 1. The molecule has 0 N–H and O–H groups in total. The first-order chi connectivity index (χ1) is 10.3. The molecule has 1 aromatic heterocycles. The van der Waals surface area contributed by atoms with E-state index in [0.717, 1.165) is 18.7 Å². The van der Waals surface area contributed by atoms with Crippen molar-refractivity contribution in [3.63, 3.8) is 0 Å². The standard InChI is InChI=1S/C16H17N3O2/c20-16(14-10-17-12-18-11-14)21-9-6-13-2-4-15(5-3-13)19-7-1-8-19/h2-5,10-12H,1,6-9H2. The van der Waals surface area contributed by atoms with Gasteiger partial charge in [-0.05, 0) is 24.1 Å². The minimum Gasteiger partial charge on any atom is -0.462 e. The van der Waals surface area contributed by atoms with Crippen molar-refractivity contribution >= 4 is 11.7 Å². The molecule has 1 aliphatic heterocycles. The van der Waals surface area contributed by atoms with Gasteiger partial charge in [-0.25, -0.2) is 14.8 Å². The molecule has 0 amide bonds. The number of carbonyl (C=O) groups is 1. The normalized spacial score (nSPS) is 13.6. The summed E-state index contributed by atoms with van der Waals surface area (Å²) in [5.41, 5.74) is 2.81. The molecule has 0 unspecified atom stereocenters. The molecule has 0 radical (unpaired) electrons. The molecular weight excluding hydrogens is 266 g/mol. The van der Waals surface area contributed by atoms with Gasteiger partial charge in [0.2, 0.25) is 0 Å². The number of nitrogens with zero attached hydrogens (tertiary/aromatic N) is 3. The fourth-order valence-corrected chi connectivity index (χ4v) is 2.20. The number of hydrogen-bond donors (Lipinski definition) is 0. The summed E-state index contributed by atoms with van der Waals surface area (Å²) in [6.45, 7) is 2.66. The average Bonchev–Trinajstić information content (AvgIpc) is 2.48. The van der Waals surface area contributed by atoms with Crippen molar-refractivity contribution in [1.82, 2.24) is 9.97 Å². The highest BCUT2D eigenvalue weighted by Gasteiger charge is 2.13. The van der Waals surface area contributed by atoms with Gasteiger partial charge in [0.25, 0.3) is 0 Å². The molecule has 0 bridgehead atoms. The third-order valence-electron chi connectivity index (χ3n) is 3.58. The highest BCUT2D eigenvalue weighted by atomic mass is 16.5. The summed E-state index contributed by atoms with van der Waals surface area (Å²) in [5.74, 6) is -0.382. The van der Waals surface area contributed by atoms with E-state index in [9.17, 15) is 4.79 Å². The summed E-state index contributed by atoms with van der Waals surface area (Å²) in [6, 6.07) is 8.43. The van der Waals surface area contributed by atoms with Gasteiger partial charge in [-0.3, -0.25) is 0 Å². The average molecular weight is 283 g/mol. The zero-order chi connectivity index (χ0) is 14.5. The van der Waals surface area contributed by atoms with Crippen LogP contribution >= 0.6 is 0 Å². The maximum absolute atomic E-state index is 11.7. The Balaban J connectivity index is 1.48. The van der Waals surface area contributed by atoms with Crippen molar-refractivity contribution in [2.75, 3.05) is 24.6 Å². The van der Waals surface area contributed by atoms with Gasteiger partial charge in [0, 0.05) is 37.6 Å². The summed E-state index contributed by atoms with van der Waals surface area (Å²) in [7, 11) is 0. The van der Waals surface area contributed by atoms with Crippen LogP contribution in [0.5, 0.6) is 0 Å². The Labute approximate surface area is 123 Å². The van der Waals surface area contributed by atoms with Crippen LogP contribution in [0.4, 0.5) is 5.69 Å². The van der Waals surface area contributed by atoms with E-state index < -0.39 is 0 Å². The highest BCUT2D eigenvalue weighted by Crippen LogP contribution is 2.20. The Morgan fingerprint density at radius 1 is 1.14 bits per heavy atom. The molecular formula is C16H17N3O2. The van der Waals surface area contributed by atoms with E-state index in [4.69, 9.17) is 4.74 Å². The number of benzene rings is 1. The van der Waals surface area contributed by atoms with Gasteiger partial charge in [0.15, 0.2) is 0 Å².